The van der Waals surface area contributed by atoms with E-state index in [4.69, 9.17) is 5.11 Å². The number of aryl methyl sites for hydroxylation is 1. The number of anilines is 1. The van der Waals surface area contributed by atoms with Crippen molar-refractivity contribution < 1.29 is 14.8 Å². The number of nitrogens with one attached hydrogen (secondary N) is 1. The van der Waals surface area contributed by atoms with E-state index in [9.17, 15) is 14.9 Å². The maximum absolute atomic E-state index is 11.1. The van der Waals surface area contributed by atoms with E-state index in [0.29, 0.717) is 12.0 Å². The summed E-state index contributed by atoms with van der Waals surface area (Å²) in [5.74, 6) is -0.910. The Balaban J connectivity index is 3.02. The molecule has 0 aliphatic rings. The Kier molecular flexibility index (Phi) is 4.80. The van der Waals surface area contributed by atoms with E-state index in [1.807, 2.05) is 13.8 Å². The fraction of sp³-hybridized carbons (Fsp3) is 0.500. The molecule has 0 saturated heterocycles. The van der Waals surface area contributed by atoms with Crippen LogP contribution in [0.1, 0.15) is 25.8 Å². The lowest BCUT2D eigenvalue weighted by Gasteiger charge is -2.16. The first-order chi connectivity index (χ1) is 8.81. The highest BCUT2D eigenvalue weighted by Gasteiger charge is 2.23. The van der Waals surface area contributed by atoms with Gasteiger partial charge >= 0.3 is 11.7 Å². The van der Waals surface area contributed by atoms with Crippen molar-refractivity contribution in [1.82, 2.24) is 4.98 Å². The topological polar surface area (TPSA) is 105 Å². The summed E-state index contributed by atoms with van der Waals surface area (Å²) in [5.41, 5.74) is 0.433. The number of carboxylic acids is 1. The highest BCUT2D eigenvalue weighted by atomic mass is 16.6. The van der Waals surface area contributed by atoms with Crippen LogP contribution in [0.3, 0.4) is 0 Å². The molecule has 1 atom stereocenters. The maximum Gasteiger partial charge on any atom is 0.326 e. The summed E-state index contributed by atoms with van der Waals surface area (Å²) < 4.78 is 0. The molecule has 1 aromatic rings. The number of aliphatic carboxylic acids is 1. The summed E-state index contributed by atoms with van der Waals surface area (Å²) in [5, 5.41) is 22.7. The number of carbonyl (C=O) groups is 1. The standard InChI is InChI=1S/C12H17N3O4/c1-7(2)4-9(12(16)17)14-11-10(15(18)19)5-8(3)6-13-11/h5-7,9H,4H2,1-3H3,(H,13,14)(H,16,17)/t9-/m1/s1. The van der Waals surface area contributed by atoms with Crippen molar-refractivity contribution in [2.24, 2.45) is 5.92 Å². The lowest BCUT2D eigenvalue weighted by molar-refractivity contribution is -0.384. The van der Waals surface area contributed by atoms with Crippen LogP contribution in [0.5, 0.6) is 0 Å². The molecule has 1 rings (SSSR count). The Morgan fingerprint density at radius 1 is 1.58 bits per heavy atom. The predicted octanol–water partition coefficient (Wildman–Crippen LogP) is 2.21. The van der Waals surface area contributed by atoms with Crippen molar-refractivity contribution in [3.05, 3.63) is 27.9 Å². The van der Waals surface area contributed by atoms with Crippen LogP contribution >= 0.6 is 0 Å². The molecule has 1 aromatic heterocycles. The van der Waals surface area contributed by atoms with Gasteiger partial charge in [-0.3, -0.25) is 10.1 Å². The average Bonchev–Trinajstić information content (AvgIpc) is 2.29. The number of nitro groups is 1. The first kappa shape index (κ1) is 14.9. The number of pyridine rings is 1. The quantitative estimate of drug-likeness (QED) is 0.604. The van der Waals surface area contributed by atoms with E-state index in [2.05, 4.69) is 10.3 Å². The SMILES string of the molecule is Cc1cnc(N[C@H](CC(C)C)C(=O)O)c([N+](=O)[O-])c1. The van der Waals surface area contributed by atoms with Crippen LogP contribution in [-0.4, -0.2) is 27.0 Å². The van der Waals surface area contributed by atoms with Gasteiger partial charge < -0.3 is 10.4 Å². The molecule has 19 heavy (non-hydrogen) atoms. The molecule has 2 N–H and O–H groups in total. The van der Waals surface area contributed by atoms with Gasteiger partial charge in [0, 0.05) is 12.3 Å². The van der Waals surface area contributed by atoms with Gasteiger partial charge in [-0.2, -0.15) is 0 Å². The molecule has 7 heteroatoms. The largest absolute Gasteiger partial charge is 0.480 e. The minimum absolute atomic E-state index is 0.0105. The molecule has 0 fully saturated rings. The molecule has 0 amide bonds. The third-order valence-corrected chi connectivity index (χ3v) is 2.52. The van der Waals surface area contributed by atoms with E-state index >= 15 is 0 Å². The summed E-state index contributed by atoms with van der Waals surface area (Å²) in [6.07, 6.45) is 1.83. The Morgan fingerprint density at radius 2 is 2.21 bits per heavy atom. The maximum atomic E-state index is 11.1. The molecule has 7 nitrogen and oxygen atoms in total. The van der Waals surface area contributed by atoms with Crippen molar-refractivity contribution >= 4 is 17.5 Å². The first-order valence-corrected chi connectivity index (χ1v) is 5.91. The number of nitrogens with zero attached hydrogens (tertiary/aromatic N) is 2. The van der Waals surface area contributed by atoms with Crippen molar-refractivity contribution in [1.29, 1.82) is 0 Å². The third kappa shape index (κ3) is 4.20. The van der Waals surface area contributed by atoms with E-state index in [0.717, 1.165) is 0 Å². The zero-order valence-electron chi connectivity index (χ0n) is 11.1. The van der Waals surface area contributed by atoms with Gasteiger partial charge in [0.15, 0.2) is 0 Å². The van der Waals surface area contributed by atoms with Gasteiger partial charge in [-0.25, -0.2) is 9.78 Å². The molecule has 104 valence electrons. The first-order valence-electron chi connectivity index (χ1n) is 5.91. The lowest BCUT2D eigenvalue weighted by atomic mass is 10.0. The highest BCUT2D eigenvalue weighted by Crippen LogP contribution is 2.24. The summed E-state index contributed by atoms with van der Waals surface area (Å²) in [4.78, 5) is 25.4. The minimum atomic E-state index is -1.05. The zero-order chi connectivity index (χ0) is 14.6. The summed E-state index contributed by atoms with van der Waals surface area (Å²) in [6, 6.07) is 0.470. The fourth-order valence-electron chi connectivity index (χ4n) is 1.66. The molecule has 0 unspecified atom stereocenters. The molecule has 0 aliphatic heterocycles. The zero-order valence-corrected chi connectivity index (χ0v) is 11.1. The molecule has 0 bridgehead atoms. The van der Waals surface area contributed by atoms with Gasteiger partial charge in [-0.15, -0.1) is 0 Å². The molecule has 0 saturated carbocycles. The minimum Gasteiger partial charge on any atom is -0.480 e. The highest BCUT2D eigenvalue weighted by molar-refractivity contribution is 5.78. The van der Waals surface area contributed by atoms with Crippen LogP contribution in [-0.2, 0) is 4.79 Å². The Morgan fingerprint density at radius 3 is 2.68 bits per heavy atom. The van der Waals surface area contributed by atoms with Gasteiger partial charge in [0.05, 0.1) is 4.92 Å². The van der Waals surface area contributed by atoms with Crippen LogP contribution in [0.15, 0.2) is 12.3 Å². The van der Waals surface area contributed by atoms with Crippen molar-refractivity contribution in [2.75, 3.05) is 5.32 Å². The molecule has 0 aromatic carbocycles. The monoisotopic (exact) mass is 267 g/mol. The van der Waals surface area contributed by atoms with Crippen molar-refractivity contribution in [3.63, 3.8) is 0 Å². The second-order valence-corrected chi connectivity index (χ2v) is 4.80. The number of rotatable bonds is 6. The van der Waals surface area contributed by atoms with Crippen molar-refractivity contribution in [2.45, 2.75) is 33.2 Å². The molecule has 0 radical (unpaired) electrons. The van der Waals surface area contributed by atoms with Gasteiger partial charge in [-0.05, 0) is 24.8 Å². The van der Waals surface area contributed by atoms with Gasteiger partial charge in [0.1, 0.15) is 6.04 Å². The van der Waals surface area contributed by atoms with Crippen LogP contribution in [0.25, 0.3) is 0 Å². The smallest absolute Gasteiger partial charge is 0.326 e. The molecular weight excluding hydrogens is 250 g/mol. The predicted molar refractivity (Wildman–Crippen MR) is 70.1 cm³/mol. The number of hydrogen-bond donors (Lipinski definition) is 2. The molecule has 0 aliphatic carbocycles. The Labute approximate surface area is 110 Å². The van der Waals surface area contributed by atoms with Crippen LogP contribution < -0.4 is 5.32 Å². The van der Waals surface area contributed by atoms with Gasteiger partial charge in [-0.1, -0.05) is 13.8 Å². The van der Waals surface area contributed by atoms with Gasteiger partial charge in [0.2, 0.25) is 5.82 Å². The average molecular weight is 267 g/mol. The Bertz CT molecular complexity index is 488. The second kappa shape index (κ2) is 6.12. The number of carboxylic acid groups (broad SMARTS) is 1. The normalized spacial score (nSPS) is 12.2. The van der Waals surface area contributed by atoms with Crippen LogP contribution in [0, 0.1) is 23.0 Å². The van der Waals surface area contributed by atoms with Crippen LogP contribution in [0.2, 0.25) is 0 Å². The fourth-order valence-corrected chi connectivity index (χ4v) is 1.66. The van der Waals surface area contributed by atoms with E-state index in [1.54, 1.807) is 6.92 Å². The van der Waals surface area contributed by atoms with E-state index in [-0.39, 0.29) is 17.4 Å². The molecule has 0 spiro atoms. The molecule has 1 heterocycles. The summed E-state index contributed by atoms with van der Waals surface area (Å²) in [6.45, 7) is 5.45. The summed E-state index contributed by atoms with van der Waals surface area (Å²) >= 11 is 0. The van der Waals surface area contributed by atoms with E-state index in [1.165, 1.54) is 12.3 Å². The molecular formula is C12H17N3O4. The lowest BCUT2D eigenvalue weighted by Crippen LogP contribution is -2.31. The number of aromatic nitrogens is 1. The van der Waals surface area contributed by atoms with Crippen LogP contribution in [0.4, 0.5) is 11.5 Å². The van der Waals surface area contributed by atoms with Gasteiger partial charge in [0.25, 0.3) is 0 Å². The van der Waals surface area contributed by atoms with Crippen molar-refractivity contribution in [3.8, 4) is 0 Å². The second-order valence-electron chi connectivity index (χ2n) is 4.80. The Hall–Kier alpha value is -2.18. The number of hydrogen-bond acceptors (Lipinski definition) is 5. The third-order valence-electron chi connectivity index (χ3n) is 2.52. The van der Waals surface area contributed by atoms with E-state index < -0.39 is 16.9 Å². The summed E-state index contributed by atoms with van der Waals surface area (Å²) in [7, 11) is 0.